The number of carbonyl (C=O) groups excluding carboxylic acids is 1. The number of nitrogens with one attached hydrogen (secondary N) is 1. The van der Waals surface area contributed by atoms with Crippen molar-refractivity contribution >= 4 is 17.7 Å². The highest BCUT2D eigenvalue weighted by molar-refractivity contribution is 7.98. The first-order chi connectivity index (χ1) is 9.04. The number of aliphatic hydroxyl groups is 1. The molecule has 0 spiro atoms. The van der Waals surface area contributed by atoms with Gasteiger partial charge >= 0.3 is 0 Å². The number of nitrogens with zero attached hydrogens (tertiary/aromatic N) is 2. The lowest BCUT2D eigenvalue weighted by molar-refractivity contribution is -0.129. The van der Waals surface area contributed by atoms with E-state index in [1.165, 1.54) is 0 Å². The van der Waals surface area contributed by atoms with E-state index >= 15 is 0 Å². The maximum absolute atomic E-state index is 11.5. The molecular weight excluding hydrogens is 266 g/mol. The van der Waals surface area contributed by atoms with Gasteiger partial charge in [-0.1, -0.05) is 19.0 Å². The largest absolute Gasteiger partial charge is 0.383 e. The standard InChI is InChI=1S/C12H21N3O3S/c1-8(2)12-14-10(15-18-12)4-6-13-11(17)9(16)5-7-19-3/h8-9,16H,4-7H2,1-3H3,(H,13,17)/t9-/m0/s1. The van der Waals surface area contributed by atoms with Gasteiger partial charge in [0.1, 0.15) is 6.10 Å². The van der Waals surface area contributed by atoms with Crippen LogP contribution in [0.1, 0.15) is 37.9 Å². The summed E-state index contributed by atoms with van der Waals surface area (Å²) >= 11 is 1.60. The molecule has 19 heavy (non-hydrogen) atoms. The van der Waals surface area contributed by atoms with Gasteiger partial charge in [-0.3, -0.25) is 4.79 Å². The first-order valence-corrected chi connectivity index (χ1v) is 7.71. The zero-order valence-electron chi connectivity index (χ0n) is 11.5. The summed E-state index contributed by atoms with van der Waals surface area (Å²) in [6, 6.07) is 0. The number of rotatable bonds is 8. The minimum Gasteiger partial charge on any atom is -0.383 e. The first-order valence-electron chi connectivity index (χ1n) is 6.31. The molecule has 0 bridgehead atoms. The summed E-state index contributed by atoms with van der Waals surface area (Å²) in [5.41, 5.74) is 0. The lowest BCUT2D eigenvalue weighted by Gasteiger charge is -2.09. The first kappa shape index (κ1) is 16.0. The van der Waals surface area contributed by atoms with Gasteiger partial charge in [0.15, 0.2) is 5.82 Å². The molecule has 0 radical (unpaired) electrons. The fourth-order valence-corrected chi connectivity index (χ4v) is 1.84. The molecule has 0 fully saturated rings. The number of thioether (sulfide) groups is 1. The van der Waals surface area contributed by atoms with Crippen LogP contribution >= 0.6 is 11.8 Å². The summed E-state index contributed by atoms with van der Waals surface area (Å²) in [4.78, 5) is 15.7. The Bertz CT molecular complexity index is 395. The van der Waals surface area contributed by atoms with Crippen LogP contribution in [0.3, 0.4) is 0 Å². The Kier molecular flexibility index (Phi) is 6.86. The number of amides is 1. The van der Waals surface area contributed by atoms with Crippen molar-refractivity contribution in [3.8, 4) is 0 Å². The minimum atomic E-state index is -0.941. The van der Waals surface area contributed by atoms with Crippen LogP contribution < -0.4 is 5.32 Å². The lowest BCUT2D eigenvalue weighted by Crippen LogP contribution is -2.36. The van der Waals surface area contributed by atoms with Crippen LogP contribution in [-0.2, 0) is 11.2 Å². The molecule has 0 aliphatic rings. The zero-order chi connectivity index (χ0) is 14.3. The number of aromatic nitrogens is 2. The van der Waals surface area contributed by atoms with Gasteiger partial charge in [0.25, 0.3) is 0 Å². The molecular formula is C12H21N3O3S. The fourth-order valence-electron chi connectivity index (χ4n) is 1.38. The third-order valence-electron chi connectivity index (χ3n) is 2.52. The van der Waals surface area contributed by atoms with Crippen LogP contribution in [0.4, 0.5) is 0 Å². The van der Waals surface area contributed by atoms with Gasteiger partial charge < -0.3 is 14.9 Å². The molecule has 1 aromatic rings. The molecule has 6 nitrogen and oxygen atoms in total. The van der Waals surface area contributed by atoms with Crippen molar-refractivity contribution in [2.24, 2.45) is 0 Å². The van der Waals surface area contributed by atoms with E-state index in [-0.39, 0.29) is 11.8 Å². The summed E-state index contributed by atoms with van der Waals surface area (Å²) in [7, 11) is 0. The second-order valence-electron chi connectivity index (χ2n) is 4.54. The van der Waals surface area contributed by atoms with E-state index in [9.17, 15) is 9.90 Å². The second-order valence-corrected chi connectivity index (χ2v) is 5.53. The molecule has 1 rings (SSSR count). The predicted octanol–water partition coefficient (Wildman–Crippen LogP) is 0.966. The summed E-state index contributed by atoms with van der Waals surface area (Å²) in [5, 5.41) is 16.0. The predicted molar refractivity (Wildman–Crippen MR) is 74.1 cm³/mol. The van der Waals surface area contributed by atoms with Gasteiger partial charge in [-0.2, -0.15) is 16.7 Å². The van der Waals surface area contributed by atoms with Crippen LogP contribution in [0.25, 0.3) is 0 Å². The third-order valence-corrected chi connectivity index (χ3v) is 3.17. The average molecular weight is 287 g/mol. The van der Waals surface area contributed by atoms with E-state index in [1.807, 2.05) is 20.1 Å². The smallest absolute Gasteiger partial charge is 0.248 e. The van der Waals surface area contributed by atoms with Gasteiger partial charge in [0.2, 0.25) is 11.8 Å². The van der Waals surface area contributed by atoms with E-state index < -0.39 is 6.10 Å². The zero-order valence-corrected chi connectivity index (χ0v) is 12.4. The highest BCUT2D eigenvalue weighted by Crippen LogP contribution is 2.10. The minimum absolute atomic E-state index is 0.198. The van der Waals surface area contributed by atoms with Crippen molar-refractivity contribution in [1.29, 1.82) is 0 Å². The van der Waals surface area contributed by atoms with Gasteiger partial charge in [-0.25, -0.2) is 0 Å². The molecule has 1 amide bonds. The summed E-state index contributed by atoms with van der Waals surface area (Å²) < 4.78 is 5.06. The van der Waals surface area contributed by atoms with Crippen LogP contribution in [0.15, 0.2) is 4.52 Å². The van der Waals surface area contributed by atoms with Crippen LogP contribution in [0.5, 0.6) is 0 Å². The van der Waals surface area contributed by atoms with Crippen molar-refractivity contribution in [2.45, 2.75) is 38.7 Å². The Morgan fingerprint density at radius 1 is 1.53 bits per heavy atom. The quantitative estimate of drug-likeness (QED) is 0.740. The van der Waals surface area contributed by atoms with E-state index in [4.69, 9.17) is 4.52 Å². The van der Waals surface area contributed by atoms with Gasteiger partial charge in [-0.05, 0) is 18.4 Å². The van der Waals surface area contributed by atoms with Gasteiger partial charge in [0.05, 0.1) is 0 Å². The molecule has 0 saturated heterocycles. The Morgan fingerprint density at radius 2 is 2.26 bits per heavy atom. The maximum Gasteiger partial charge on any atom is 0.248 e. The topological polar surface area (TPSA) is 88.2 Å². The van der Waals surface area contributed by atoms with Gasteiger partial charge in [-0.15, -0.1) is 0 Å². The molecule has 2 N–H and O–H groups in total. The molecule has 1 heterocycles. The SMILES string of the molecule is CSCC[C@H](O)C(=O)NCCc1noc(C(C)C)n1. The van der Waals surface area contributed by atoms with Crippen molar-refractivity contribution < 1.29 is 14.4 Å². The molecule has 0 aromatic carbocycles. The van der Waals surface area contributed by atoms with Crippen molar-refractivity contribution in [1.82, 2.24) is 15.5 Å². The highest BCUT2D eigenvalue weighted by Gasteiger charge is 2.14. The molecule has 1 aromatic heterocycles. The molecule has 0 unspecified atom stereocenters. The second kappa shape index (κ2) is 8.16. The Labute approximate surface area is 117 Å². The normalized spacial score (nSPS) is 12.7. The van der Waals surface area contributed by atoms with Crippen molar-refractivity contribution in [3.63, 3.8) is 0 Å². The lowest BCUT2D eigenvalue weighted by atomic mass is 10.2. The maximum atomic E-state index is 11.5. The molecule has 108 valence electrons. The van der Waals surface area contributed by atoms with E-state index in [0.29, 0.717) is 31.1 Å². The molecule has 0 saturated carbocycles. The number of carbonyl (C=O) groups is 1. The third kappa shape index (κ3) is 5.61. The van der Waals surface area contributed by atoms with Crippen molar-refractivity contribution in [2.75, 3.05) is 18.6 Å². The number of hydrogen-bond acceptors (Lipinski definition) is 6. The van der Waals surface area contributed by atoms with E-state index in [1.54, 1.807) is 11.8 Å². The van der Waals surface area contributed by atoms with Gasteiger partial charge in [0, 0.05) is 18.9 Å². The molecule has 1 atom stereocenters. The highest BCUT2D eigenvalue weighted by atomic mass is 32.2. The Balaban J connectivity index is 2.27. The summed E-state index contributed by atoms with van der Waals surface area (Å²) in [6.45, 7) is 4.34. The van der Waals surface area contributed by atoms with Crippen LogP contribution in [0.2, 0.25) is 0 Å². The Morgan fingerprint density at radius 3 is 2.84 bits per heavy atom. The monoisotopic (exact) mass is 287 g/mol. The molecule has 0 aliphatic carbocycles. The number of aliphatic hydroxyl groups excluding tert-OH is 1. The average Bonchev–Trinajstić information content (AvgIpc) is 2.84. The Hall–Kier alpha value is -1.08. The van der Waals surface area contributed by atoms with E-state index in [0.717, 1.165) is 5.75 Å². The number of hydrogen-bond donors (Lipinski definition) is 2. The van der Waals surface area contributed by atoms with Crippen LogP contribution in [-0.4, -0.2) is 45.8 Å². The molecule has 0 aliphatic heterocycles. The van der Waals surface area contributed by atoms with Crippen molar-refractivity contribution in [3.05, 3.63) is 11.7 Å². The fraction of sp³-hybridized carbons (Fsp3) is 0.750. The summed E-state index contributed by atoms with van der Waals surface area (Å²) in [6.07, 6.45) is 1.96. The summed E-state index contributed by atoms with van der Waals surface area (Å²) in [5.74, 6) is 1.78. The van der Waals surface area contributed by atoms with Crippen LogP contribution in [0, 0.1) is 0 Å². The molecule has 7 heteroatoms. The van der Waals surface area contributed by atoms with E-state index in [2.05, 4.69) is 15.5 Å².